The summed E-state index contributed by atoms with van der Waals surface area (Å²) in [5.41, 5.74) is 8.84. The molecule has 2 aromatic rings. The van der Waals surface area contributed by atoms with Gasteiger partial charge in [0.05, 0.1) is 0 Å². The van der Waals surface area contributed by atoms with Gasteiger partial charge in [0.1, 0.15) is 0 Å². The third-order valence-electron chi connectivity index (χ3n) is 4.07. The van der Waals surface area contributed by atoms with E-state index in [0.717, 1.165) is 12.8 Å². The standard InChI is InChI=1S/C20H16/c1-3-7-15(8-4-1)13-17-11-12-18-19(20(17)18)14-16-9-5-2-6-10-16/h1-12H,13-14H2. The second kappa shape index (κ2) is 4.64. The molecule has 0 saturated heterocycles. The van der Waals surface area contributed by atoms with Crippen molar-refractivity contribution in [1.29, 1.82) is 0 Å². The van der Waals surface area contributed by atoms with Crippen molar-refractivity contribution >= 4 is 0 Å². The highest BCUT2D eigenvalue weighted by molar-refractivity contribution is 5.93. The molecule has 0 spiro atoms. The summed E-state index contributed by atoms with van der Waals surface area (Å²) in [7, 11) is 0. The Balaban J connectivity index is 1.56. The predicted octanol–water partition coefficient (Wildman–Crippen LogP) is 4.85. The van der Waals surface area contributed by atoms with Crippen molar-refractivity contribution in [2.75, 3.05) is 0 Å². The molecule has 0 bridgehead atoms. The van der Waals surface area contributed by atoms with Crippen LogP contribution in [0.1, 0.15) is 22.3 Å². The Bertz CT molecular complexity index is 740. The van der Waals surface area contributed by atoms with Crippen LogP contribution in [-0.4, -0.2) is 0 Å². The van der Waals surface area contributed by atoms with Gasteiger partial charge in [0, 0.05) is 0 Å². The van der Waals surface area contributed by atoms with E-state index in [9.17, 15) is 0 Å². The number of rotatable bonds is 4. The van der Waals surface area contributed by atoms with Gasteiger partial charge in [0.2, 0.25) is 0 Å². The summed E-state index contributed by atoms with van der Waals surface area (Å²) in [6, 6.07) is 26.0. The highest BCUT2D eigenvalue weighted by atomic mass is 14.3. The van der Waals surface area contributed by atoms with Crippen LogP contribution in [0.15, 0.2) is 72.8 Å². The maximum atomic E-state index is 2.28. The van der Waals surface area contributed by atoms with E-state index >= 15 is 0 Å². The number of benzene rings is 3. The lowest BCUT2D eigenvalue weighted by molar-refractivity contribution is 1.20. The predicted molar refractivity (Wildman–Crippen MR) is 83.9 cm³/mol. The molecule has 0 saturated carbocycles. The van der Waals surface area contributed by atoms with Crippen LogP contribution in [0.3, 0.4) is 0 Å². The van der Waals surface area contributed by atoms with Gasteiger partial charge in [-0.2, -0.15) is 0 Å². The molecule has 96 valence electrons. The molecule has 0 radical (unpaired) electrons. The minimum atomic E-state index is 1.05. The Kier molecular flexibility index (Phi) is 2.67. The molecule has 0 fully saturated rings. The van der Waals surface area contributed by atoms with Crippen LogP contribution in [0.2, 0.25) is 0 Å². The van der Waals surface area contributed by atoms with Crippen LogP contribution in [0, 0.1) is 0 Å². The van der Waals surface area contributed by atoms with Gasteiger partial charge in [-0.05, 0) is 46.2 Å². The molecule has 0 N–H and O–H groups in total. The van der Waals surface area contributed by atoms with Gasteiger partial charge < -0.3 is 0 Å². The number of hydrogen-bond donors (Lipinski definition) is 0. The lowest BCUT2D eigenvalue weighted by Crippen LogP contribution is -1.85. The van der Waals surface area contributed by atoms with Crippen LogP contribution < -0.4 is 0 Å². The summed E-state index contributed by atoms with van der Waals surface area (Å²) in [4.78, 5) is 0. The van der Waals surface area contributed by atoms with Crippen LogP contribution >= 0.6 is 0 Å². The number of hydrogen-bond acceptors (Lipinski definition) is 0. The van der Waals surface area contributed by atoms with Crippen molar-refractivity contribution in [2.24, 2.45) is 0 Å². The first-order chi connectivity index (χ1) is 9.92. The molecule has 0 aliphatic heterocycles. The highest BCUT2D eigenvalue weighted by Gasteiger charge is 2.27. The zero-order chi connectivity index (χ0) is 13.4. The first-order valence-electron chi connectivity index (χ1n) is 7.15. The third kappa shape index (κ3) is 2.04. The van der Waals surface area contributed by atoms with Crippen molar-refractivity contribution in [3.63, 3.8) is 0 Å². The van der Waals surface area contributed by atoms with E-state index in [1.54, 1.807) is 5.56 Å². The summed E-state index contributed by atoms with van der Waals surface area (Å²) in [5, 5.41) is 0. The van der Waals surface area contributed by atoms with Crippen LogP contribution in [0.4, 0.5) is 0 Å². The van der Waals surface area contributed by atoms with Gasteiger partial charge in [-0.1, -0.05) is 72.8 Å². The topological polar surface area (TPSA) is 0 Å². The fraction of sp³-hybridized carbons (Fsp3) is 0.100. The molecule has 0 amide bonds. The van der Waals surface area contributed by atoms with Crippen LogP contribution in [-0.2, 0) is 12.8 Å². The van der Waals surface area contributed by atoms with E-state index in [4.69, 9.17) is 0 Å². The Morgan fingerprint density at radius 2 is 1.15 bits per heavy atom. The average molecular weight is 256 g/mol. The Labute approximate surface area is 119 Å². The Hall–Kier alpha value is -2.34. The van der Waals surface area contributed by atoms with Gasteiger partial charge >= 0.3 is 0 Å². The second-order valence-corrected chi connectivity index (χ2v) is 5.45. The first kappa shape index (κ1) is 11.5. The SMILES string of the molecule is c1ccc(Cc2ccc3c(Cc4ccccc4)c2-3)cc1. The van der Waals surface area contributed by atoms with E-state index in [-0.39, 0.29) is 0 Å². The van der Waals surface area contributed by atoms with E-state index in [2.05, 4.69) is 72.8 Å². The first-order valence-corrected chi connectivity index (χ1v) is 7.15. The fourth-order valence-electron chi connectivity index (χ4n) is 3.01. The number of fused-ring (bicyclic) bond motifs is 1. The maximum absolute atomic E-state index is 2.28. The lowest BCUT2D eigenvalue weighted by Gasteiger charge is -1.99. The summed E-state index contributed by atoms with van der Waals surface area (Å²) in [5.74, 6) is 0. The van der Waals surface area contributed by atoms with Crippen LogP contribution in [0.5, 0.6) is 0 Å². The molecule has 4 rings (SSSR count). The van der Waals surface area contributed by atoms with E-state index in [1.807, 2.05) is 0 Å². The largest absolute Gasteiger partial charge is 0.0622 e. The minimum absolute atomic E-state index is 1.05. The fourth-order valence-corrected chi connectivity index (χ4v) is 3.01. The lowest BCUT2D eigenvalue weighted by atomic mass is 10.1. The van der Waals surface area contributed by atoms with Crippen molar-refractivity contribution in [1.82, 2.24) is 0 Å². The van der Waals surface area contributed by atoms with Gasteiger partial charge in [-0.3, -0.25) is 0 Å². The molecule has 0 heterocycles. The minimum Gasteiger partial charge on any atom is -0.0622 e. The van der Waals surface area contributed by atoms with Crippen molar-refractivity contribution in [3.05, 3.63) is 95.1 Å². The molecule has 2 aliphatic carbocycles. The summed E-state index contributed by atoms with van der Waals surface area (Å²) in [6.45, 7) is 0. The van der Waals surface area contributed by atoms with Crippen molar-refractivity contribution in [3.8, 4) is 11.1 Å². The molecule has 2 aromatic carbocycles. The molecular formula is C20H16. The molecule has 0 aromatic heterocycles. The van der Waals surface area contributed by atoms with E-state index < -0.39 is 0 Å². The quantitative estimate of drug-likeness (QED) is 0.489. The Morgan fingerprint density at radius 1 is 0.550 bits per heavy atom. The van der Waals surface area contributed by atoms with Crippen LogP contribution in [0.25, 0.3) is 11.1 Å². The zero-order valence-corrected chi connectivity index (χ0v) is 11.3. The van der Waals surface area contributed by atoms with Gasteiger partial charge in [0.25, 0.3) is 0 Å². The highest BCUT2D eigenvalue weighted by Crippen LogP contribution is 2.48. The van der Waals surface area contributed by atoms with Crippen molar-refractivity contribution < 1.29 is 0 Å². The molecule has 2 aliphatic rings. The summed E-state index contributed by atoms with van der Waals surface area (Å²) in [6.07, 6.45) is 2.13. The maximum Gasteiger partial charge on any atom is -0.00133 e. The molecule has 20 heavy (non-hydrogen) atoms. The Morgan fingerprint density at radius 3 is 1.80 bits per heavy atom. The average Bonchev–Trinajstić information content (AvgIpc) is 3.00. The van der Waals surface area contributed by atoms with Crippen molar-refractivity contribution in [2.45, 2.75) is 12.8 Å². The monoisotopic (exact) mass is 256 g/mol. The van der Waals surface area contributed by atoms with E-state index in [0.29, 0.717) is 0 Å². The van der Waals surface area contributed by atoms with Gasteiger partial charge in [-0.25, -0.2) is 0 Å². The normalized spacial score (nSPS) is 11.4. The molecule has 0 atom stereocenters. The molecule has 0 nitrogen and oxygen atoms in total. The summed E-state index contributed by atoms with van der Waals surface area (Å²) < 4.78 is 0. The van der Waals surface area contributed by atoms with E-state index in [1.165, 1.54) is 27.8 Å². The second-order valence-electron chi connectivity index (χ2n) is 5.45. The third-order valence-corrected chi connectivity index (χ3v) is 4.07. The van der Waals surface area contributed by atoms with Gasteiger partial charge in [-0.15, -0.1) is 0 Å². The smallest absolute Gasteiger partial charge is 0.00133 e. The van der Waals surface area contributed by atoms with Gasteiger partial charge in [0.15, 0.2) is 0 Å². The molecule has 0 unspecified atom stereocenters. The summed E-state index contributed by atoms with van der Waals surface area (Å²) >= 11 is 0. The molecular weight excluding hydrogens is 240 g/mol. The zero-order valence-electron chi connectivity index (χ0n) is 11.3. The molecule has 0 heteroatoms.